The molecule has 0 fully saturated rings. The lowest BCUT2D eigenvalue weighted by Crippen LogP contribution is -2.05. The summed E-state index contributed by atoms with van der Waals surface area (Å²) in [5.74, 6) is -1.60. The van der Waals surface area contributed by atoms with E-state index in [2.05, 4.69) is 4.98 Å². The van der Waals surface area contributed by atoms with Gasteiger partial charge < -0.3 is 5.11 Å². The number of nitrogens with zero attached hydrogens (tertiary/aromatic N) is 2. The second kappa shape index (κ2) is 3.95. The van der Waals surface area contributed by atoms with E-state index in [1.165, 1.54) is 0 Å². The maximum atomic E-state index is 12.2. The van der Waals surface area contributed by atoms with Gasteiger partial charge in [0.2, 0.25) is 0 Å². The largest absolute Gasteiger partial charge is 0.477 e. The molecule has 1 rings (SSSR count). The van der Waals surface area contributed by atoms with Crippen LogP contribution in [0.2, 0.25) is 0 Å². The Hall–Kier alpha value is -2.12. The lowest BCUT2D eigenvalue weighted by molar-refractivity contribution is -0.385. The number of alkyl halides is 2. The number of pyridine rings is 1. The molecule has 1 aromatic rings. The van der Waals surface area contributed by atoms with Crippen LogP contribution in [0.5, 0.6) is 0 Å². The summed E-state index contributed by atoms with van der Waals surface area (Å²) >= 11 is 0. The van der Waals surface area contributed by atoms with Gasteiger partial charge in [0.25, 0.3) is 12.1 Å². The molecule has 0 unspecified atom stereocenters. The molecule has 15 heavy (non-hydrogen) atoms. The van der Waals surface area contributed by atoms with Crippen LogP contribution in [0.1, 0.15) is 22.6 Å². The summed E-state index contributed by atoms with van der Waals surface area (Å²) in [6.45, 7) is 0. The van der Waals surface area contributed by atoms with Gasteiger partial charge in [-0.1, -0.05) is 0 Å². The average Bonchev–Trinajstić information content (AvgIpc) is 2.16. The standard InChI is InChI=1S/C7H4F2N2O4/c8-6(9)4-1-3(11(14)15)2-5(10-4)7(12)13/h1-2,6H,(H,12,13). The average molecular weight is 218 g/mol. The molecule has 0 amide bonds. The highest BCUT2D eigenvalue weighted by Crippen LogP contribution is 2.22. The molecule has 1 N–H and O–H groups in total. The first-order valence-corrected chi connectivity index (χ1v) is 3.59. The molecule has 0 aliphatic heterocycles. The molecule has 0 spiro atoms. The Kier molecular flexibility index (Phi) is 2.88. The number of halogens is 2. The third-order valence-electron chi connectivity index (χ3n) is 1.48. The van der Waals surface area contributed by atoms with Crippen LogP contribution in [0.15, 0.2) is 12.1 Å². The number of aromatic nitrogens is 1. The second-order valence-electron chi connectivity index (χ2n) is 2.50. The molecule has 6 nitrogen and oxygen atoms in total. The Bertz CT molecular complexity index is 389. The van der Waals surface area contributed by atoms with Gasteiger partial charge in [0.05, 0.1) is 4.92 Å². The maximum Gasteiger partial charge on any atom is 0.354 e. The van der Waals surface area contributed by atoms with E-state index >= 15 is 0 Å². The van der Waals surface area contributed by atoms with Crippen molar-refractivity contribution in [1.29, 1.82) is 0 Å². The number of carboxylic acid groups (broad SMARTS) is 1. The van der Waals surface area contributed by atoms with E-state index in [0.717, 1.165) is 0 Å². The Balaban J connectivity index is 3.32. The summed E-state index contributed by atoms with van der Waals surface area (Å²) in [6.07, 6.45) is -3.05. The highest BCUT2D eigenvalue weighted by molar-refractivity contribution is 5.86. The summed E-state index contributed by atoms with van der Waals surface area (Å²) in [4.78, 5) is 22.8. The van der Waals surface area contributed by atoms with E-state index < -0.39 is 34.4 Å². The van der Waals surface area contributed by atoms with Gasteiger partial charge in [-0.2, -0.15) is 0 Å². The SMILES string of the molecule is O=C(O)c1cc([N+](=O)[O-])cc(C(F)F)n1. The van der Waals surface area contributed by atoms with Gasteiger partial charge in [0.1, 0.15) is 5.69 Å². The van der Waals surface area contributed by atoms with Crippen molar-refractivity contribution < 1.29 is 23.6 Å². The molecule has 0 radical (unpaired) electrons. The number of carbonyl (C=O) groups is 1. The van der Waals surface area contributed by atoms with Crippen LogP contribution in [0.3, 0.4) is 0 Å². The van der Waals surface area contributed by atoms with Crippen LogP contribution < -0.4 is 0 Å². The third-order valence-corrected chi connectivity index (χ3v) is 1.48. The molecule has 0 aliphatic carbocycles. The normalized spacial score (nSPS) is 10.3. The Morgan fingerprint density at radius 3 is 2.53 bits per heavy atom. The number of hydrogen-bond donors (Lipinski definition) is 1. The van der Waals surface area contributed by atoms with Crippen LogP contribution in [0, 0.1) is 10.1 Å². The van der Waals surface area contributed by atoms with Crippen LogP contribution >= 0.6 is 0 Å². The van der Waals surface area contributed by atoms with Gasteiger partial charge in [-0.05, 0) is 0 Å². The smallest absolute Gasteiger partial charge is 0.354 e. The van der Waals surface area contributed by atoms with Crippen molar-refractivity contribution >= 4 is 11.7 Å². The van der Waals surface area contributed by atoms with Crippen molar-refractivity contribution in [1.82, 2.24) is 4.98 Å². The zero-order valence-electron chi connectivity index (χ0n) is 7.05. The van der Waals surface area contributed by atoms with Crippen LogP contribution in [0.25, 0.3) is 0 Å². The van der Waals surface area contributed by atoms with Crippen molar-refractivity contribution in [2.75, 3.05) is 0 Å². The minimum atomic E-state index is -3.05. The monoisotopic (exact) mass is 218 g/mol. The van der Waals surface area contributed by atoms with E-state index in [1.54, 1.807) is 0 Å². The van der Waals surface area contributed by atoms with Gasteiger partial charge in [-0.3, -0.25) is 10.1 Å². The number of rotatable bonds is 3. The third kappa shape index (κ3) is 2.42. The quantitative estimate of drug-likeness (QED) is 0.614. The van der Waals surface area contributed by atoms with Gasteiger partial charge >= 0.3 is 5.97 Å². The maximum absolute atomic E-state index is 12.2. The molecule has 0 saturated heterocycles. The van der Waals surface area contributed by atoms with Crippen molar-refractivity contribution in [2.24, 2.45) is 0 Å². The summed E-state index contributed by atoms with van der Waals surface area (Å²) in [5, 5.41) is 18.8. The fourth-order valence-electron chi connectivity index (χ4n) is 0.864. The highest BCUT2D eigenvalue weighted by Gasteiger charge is 2.19. The zero-order valence-corrected chi connectivity index (χ0v) is 7.05. The molecule has 8 heteroatoms. The highest BCUT2D eigenvalue weighted by atomic mass is 19.3. The van der Waals surface area contributed by atoms with E-state index in [1.807, 2.05) is 0 Å². The molecule has 0 bridgehead atoms. The Labute approximate surface area is 81.3 Å². The lowest BCUT2D eigenvalue weighted by atomic mass is 10.2. The first kappa shape index (κ1) is 11.0. The minimum absolute atomic E-state index is 0.539. The minimum Gasteiger partial charge on any atom is -0.477 e. The van der Waals surface area contributed by atoms with Crippen molar-refractivity contribution in [3.63, 3.8) is 0 Å². The van der Waals surface area contributed by atoms with Gasteiger partial charge in [0.15, 0.2) is 5.69 Å². The molecule has 1 aromatic heterocycles. The summed E-state index contributed by atoms with van der Waals surface area (Å²) in [6, 6.07) is 1.16. The molecule has 0 saturated carbocycles. The summed E-state index contributed by atoms with van der Waals surface area (Å²) in [7, 11) is 0. The van der Waals surface area contributed by atoms with Crippen molar-refractivity contribution in [3.05, 3.63) is 33.6 Å². The van der Waals surface area contributed by atoms with E-state index in [0.29, 0.717) is 12.1 Å². The topological polar surface area (TPSA) is 93.3 Å². The number of hydrogen-bond acceptors (Lipinski definition) is 4. The van der Waals surface area contributed by atoms with Crippen LogP contribution in [-0.4, -0.2) is 21.0 Å². The predicted molar refractivity (Wildman–Crippen MR) is 42.8 cm³/mol. The van der Waals surface area contributed by atoms with Crippen molar-refractivity contribution in [2.45, 2.75) is 6.43 Å². The zero-order chi connectivity index (χ0) is 11.6. The predicted octanol–water partition coefficient (Wildman–Crippen LogP) is 1.63. The number of nitro groups is 1. The van der Waals surface area contributed by atoms with Crippen molar-refractivity contribution in [3.8, 4) is 0 Å². The summed E-state index contributed by atoms with van der Waals surface area (Å²) < 4.78 is 24.4. The van der Waals surface area contributed by atoms with Gasteiger partial charge in [-0.25, -0.2) is 18.6 Å². The first-order chi connectivity index (χ1) is 6.91. The van der Waals surface area contributed by atoms with E-state index in [-0.39, 0.29) is 0 Å². The van der Waals surface area contributed by atoms with Crippen LogP contribution in [0.4, 0.5) is 14.5 Å². The Morgan fingerprint density at radius 1 is 1.53 bits per heavy atom. The molecule has 0 aliphatic rings. The number of carboxylic acids is 1. The Morgan fingerprint density at radius 2 is 2.13 bits per heavy atom. The fourth-order valence-corrected chi connectivity index (χ4v) is 0.864. The van der Waals surface area contributed by atoms with E-state index in [9.17, 15) is 23.7 Å². The number of aromatic carboxylic acids is 1. The molecule has 80 valence electrons. The lowest BCUT2D eigenvalue weighted by Gasteiger charge is -2.00. The van der Waals surface area contributed by atoms with Gasteiger partial charge in [-0.15, -0.1) is 0 Å². The summed E-state index contributed by atoms with van der Waals surface area (Å²) in [5.41, 5.74) is -2.43. The van der Waals surface area contributed by atoms with E-state index in [4.69, 9.17) is 5.11 Å². The molecular formula is C7H4F2N2O4. The first-order valence-electron chi connectivity index (χ1n) is 3.59. The molecule has 0 aromatic carbocycles. The molecule has 1 heterocycles. The van der Waals surface area contributed by atoms with Gasteiger partial charge in [0, 0.05) is 12.1 Å². The van der Waals surface area contributed by atoms with Crippen LogP contribution in [-0.2, 0) is 0 Å². The fraction of sp³-hybridized carbons (Fsp3) is 0.143. The molecular weight excluding hydrogens is 214 g/mol. The second-order valence-corrected chi connectivity index (χ2v) is 2.50. The molecule has 0 atom stereocenters.